The fraction of sp³-hybridized carbons (Fsp3) is 0.500. The molecule has 0 spiro atoms. The molecule has 2 rings (SSSR count). The Kier molecular flexibility index (Phi) is 2.66. The molecular formula is C12H15FN2O2. The van der Waals surface area contributed by atoms with Crippen LogP contribution >= 0.6 is 0 Å². The van der Waals surface area contributed by atoms with E-state index in [9.17, 15) is 14.5 Å². The minimum absolute atomic E-state index is 0.0529. The van der Waals surface area contributed by atoms with Gasteiger partial charge in [-0.3, -0.25) is 10.1 Å². The summed E-state index contributed by atoms with van der Waals surface area (Å²) in [5, 5.41) is 10.5. The number of hydrogen-bond acceptors (Lipinski definition) is 3. The standard InChI is InChI=1S/C12H15FN2O2/c1-12(2)8(6-14)11(12)7-3-4-10(15(16)17)9(13)5-7/h3-5,8,11H,6,14H2,1-2H3. The van der Waals surface area contributed by atoms with Crippen LogP contribution in [0, 0.1) is 27.3 Å². The van der Waals surface area contributed by atoms with E-state index in [1.54, 1.807) is 6.07 Å². The Balaban J connectivity index is 2.31. The molecule has 1 aliphatic carbocycles. The maximum Gasteiger partial charge on any atom is 0.304 e. The first-order chi connectivity index (χ1) is 7.89. The summed E-state index contributed by atoms with van der Waals surface area (Å²) in [7, 11) is 0. The first kappa shape index (κ1) is 12.0. The Morgan fingerprint density at radius 2 is 2.18 bits per heavy atom. The lowest BCUT2D eigenvalue weighted by Crippen LogP contribution is -2.05. The van der Waals surface area contributed by atoms with Crippen molar-refractivity contribution in [3.05, 3.63) is 39.7 Å². The smallest absolute Gasteiger partial charge is 0.304 e. The van der Waals surface area contributed by atoms with Crippen molar-refractivity contribution in [2.45, 2.75) is 19.8 Å². The van der Waals surface area contributed by atoms with E-state index in [1.165, 1.54) is 12.1 Å². The lowest BCUT2D eigenvalue weighted by Gasteiger charge is -2.03. The minimum Gasteiger partial charge on any atom is -0.330 e. The fourth-order valence-corrected chi connectivity index (χ4v) is 2.71. The molecule has 2 atom stereocenters. The molecular weight excluding hydrogens is 223 g/mol. The molecule has 0 radical (unpaired) electrons. The van der Waals surface area contributed by atoms with Crippen LogP contribution in [0.1, 0.15) is 25.3 Å². The topological polar surface area (TPSA) is 69.2 Å². The highest BCUT2D eigenvalue weighted by Gasteiger charge is 2.57. The molecule has 1 aromatic rings. The van der Waals surface area contributed by atoms with Gasteiger partial charge in [0.25, 0.3) is 0 Å². The molecule has 0 aliphatic heterocycles. The van der Waals surface area contributed by atoms with Crippen molar-refractivity contribution >= 4 is 5.69 Å². The highest BCUT2D eigenvalue weighted by Crippen LogP contribution is 2.63. The lowest BCUT2D eigenvalue weighted by atomic mass is 10.0. The molecule has 92 valence electrons. The number of rotatable bonds is 3. The predicted molar refractivity (Wildman–Crippen MR) is 62.1 cm³/mol. The zero-order chi connectivity index (χ0) is 12.8. The summed E-state index contributed by atoms with van der Waals surface area (Å²) in [6.45, 7) is 4.71. The Morgan fingerprint density at radius 1 is 1.53 bits per heavy atom. The minimum atomic E-state index is -0.772. The molecule has 0 saturated heterocycles. The fourth-order valence-electron chi connectivity index (χ4n) is 2.71. The third-order valence-electron chi connectivity index (χ3n) is 3.83. The largest absolute Gasteiger partial charge is 0.330 e. The predicted octanol–water partition coefficient (Wildman–Crippen LogP) is 2.43. The molecule has 0 bridgehead atoms. The van der Waals surface area contributed by atoms with Crippen LogP contribution in [0.5, 0.6) is 0 Å². The van der Waals surface area contributed by atoms with E-state index >= 15 is 0 Å². The Labute approximate surface area is 98.8 Å². The second-order valence-electron chi connectivity index (χ2n) is 5.11. The number of nitrogens with zero attached hydrogens (tertiary/aromatic N) is 1. The van der Waals surface area contributed by atoms with E-state index in [0.29, 0.717) is 12.5 Å². The number of nitrogens with two attached hydrogens (primary N) is 1. The number of benzene rings is 1. The van der Waals surface area contributed by atoms with Crippen molar-refractivity contribution in [2.24, 2.45) is 17.1 Å². The highest BCUT2D eigenvalue weighted by atomic mass is 19.1. The van der Waals surface area contributed by atoms with Gasteiger partial charge in [0.05, 0.1) is 4.92 Å². The van der Waals surface area contributed by atoms with E-state index in [4.69, 9.17) is 5.73 Å². The van der Waals surface area contributed by atoms with Gasteiger partial charge in [-0.15, -0.1) is 0 Å². The van der Waals surface area contributed by atoms with Gasteiger partial charge in [0.1, 0.15) is 0 Å². The maximum atomic E-state index is 13.5. The van der Waals surface area contributed by atoms with Crippen LogP contribution in [0.2, 0.25) is 0 Å². The van der Waals surface area contributed by atoms with Crippen molar-refractivity contribution in [1.82, 2.24) is 0 Å². The van der Waals surface area contributed by atoms with Gasteiger partial charge >= 0.3 is 5.69 Å². The van der Waals surface area contributed by atoms with Crippen LogP contribution < -0.4 is 5.73 Å². The van der Waals surface area contributed by atoms with E-state index < -0.39 is 16.4 Å². The summed E-state index contributed by atoms with van der Waals surface area (Å²) in [5.74, 6) is -0.253. The zero-order valence-corrected chi connectivity index (χ0v) is 9.81. The van der Waals surface area contributed by atoms with Crippen molar-refractivity contribution in [3.63, 3.8) is 0 Å². The number of hydrogen-bond donors (Lipinski definition) is 1. The van der Waals surface area contributed by atoms with Gasteiger partial charge in [-0.2, -0.15) is 4.39 Å². The quantitative estimate of drug-likeness (QED) is 0.649. The summed E-state index contributed by atoms with van der Waals surface area (Å²) in [5.41, 5.74) is 6.03. The van der Waals surface area contributed by atoms with Crippen LogP contribution in [-0.2, 0) is 0 Å². The van der Waals surface area contributed by atoms with Gasteiger partial charge in [-0.25, -0.2) is 0 Å². The number of halogens is 1. The van der Waals surface area contributed by atoms with Gasteiger partial charge in [-0.05, 0) is 35.4 Å². The van der Waals surface area contributed by atoms with Crippen molar-refractivity contribution in [1.29, 1.82) is 0 Å². The van der Waals surface area contributed by atoms with E-state index in [1.807, 2.05) is 0 Å². The third-order valence-corrected chi connectivity index (χ3v) is 3.83. The molecule has 2 N–H and O–H groups in total. The molecule has 0 heterocycles. The van der Waals surface area contributed by atoms with E-state index in [-0.39, 0.29) is 11.3 Å². The Morgan fingerprint density at radius 3 is 2.59 bits per heavy atom. The summed E-state index contributed by atoms with van der Waals surface area (Å²) >= 11 is 0. The summed E-state index contributed by atoms with van der Waals surface area (Å²) < 4.78 is 13.5. The molecule has 17 heavy (non-hydrogen) atoms. The molecule has 5 heteroatoms. The summed E-state index contributed by atoms with van der Waals surface area (Å²) in [4.78, 5) is 9.80. The van der Waals surface area contributed by atoms with Crippen LogP contribution in [-0.4, -0.2) is 11.5 Å². The van der Waals surface area contributed by atoms with Gasteiger partial charge in [0.15, 0.2) is 0 Å². The van der Waals surface area contributed by atoms with Gasteiger partial charge in [0, 0.05) is 6.07 Å². The zero-order valence-electron chi connectivity index (χ0n) is 9.81. The Hall–Kier alpha value is -1.49. The normalized spacial score (nSPS) is 25.6. The maximum absolute atomic E-state index is 13.5. The summed E-state index contributed by atoms with van der Waals surface area (Å²) in [6, 6.07) is 4.12. The molecule has 0 amide bonds. The number of nitro benzene ring substituents is 1. The van der Waals surface area contributed by atoms with E-state index in [2.05, 4.69) is 13.8 Å². The average Bonchev–Trinajstić information content (AvgIpc) is 2.79. The average molecular weight is 238 g/mol. The van der Waals surface area contributed by atoms with Crippen molar-refractivity contribution in [2.75, 3.05) is 6.54 Å². The second-order valence-corrected chi connectivity index (χ2v) is 5.11. The first-order valence-corrected chi connectivity index (χ1v) is 5.53. The first-order valence-electron chi connectivity index (χ1n) is 5.53. The lowest BCUT2D eigenvalue weighted by molar-refractivity contribution is -0.387. The molecule has 1 aromatic carbocycles. The van der Waals surface area contributed by atoms with Crippen molar-refractivity contribution in [3.8, 4) is 0 Å². The van der Waals surface area contributed by atoms with Crippen molar-refractivity contribution < 1.29 is 9.31 Å². The molecule has 2 unspecified atom stereocenters. The van der Waals surface area contributed by atoms with Gasteiger partial charge in [-0.1, -0.05) is 19.9 Å². The van der Waals surface area contributed by atoms with E-state index in [0.717, 1.165) is 5.56 Å². The summed E-state index contributed by atoms with van der Waals surface area (Å²) in [6.07, 6.45) is 0. The second kappa shape index (κ2) is 3.77. The molecule has 4 nitrogen and oxygen atoms in total. The molecule has 0 aromatic heterocycles. The molecule has 1 saturated carbocycles. The van der Waals surface area contributed by atoms with Crippen LogP contribution in [0.3, 0.4) is 0 Å². The SMILES string of the molecule is CC1(C)C(CN)C1c1ccc([N+](=O)[O-])c(F)c1. The monoisotopic (exact) mass is 238 g/mol. The van der Waals surface area contributed by atoms with Gasteiger partial charge in [0.2, 0.25) is 5.82 Å². The van der Waals surface area contributed by atoms with Crippen LogP contribution in [0.25, 0.3) is 0 Å². The van der Waals surface area contributed by atoms with Crippen LogP contribution in [0.15, 0.2) is 18.2 Å². The van der Waals surface area contributed by atoms with Crippen LogP contribution in [0.4, 0.5) is 10.1 Å². The van der Waals surface area contributed by atoms with Gasteiger partial charge < -0.3 is 5.73 Å². The number of nitro groups is 1. The Bertz CT molecular complexity index is 474. The molecule has 1 fully saturated rings. The highest BCUT2D eigenvalue weighted by molar-refractivity contribution is 5.40. The third kappa shape index (κ3) is 1.80. The molecule has 1 aliphatic rings.